The Balaban J connectivity index is 2.28. The summed E-state index contributed by atoms with van der Waals surface area (Å²) in [7, 11) is 1.81. The Bertz CT molecular complexity index is 586. The lowest BCUT2D eigenvalue weighted by Gasteiger charge is -2.44. The Labute approximate surface area is 114 Å². The lowest BCUT2D eigenvalue weighted by Crippen LogP contribution is -2.46. The molecule has 3 rings (SSSR count). The van der Waals surface area contributed by atoms with Crippen molar-refractivity contribution in [2.24, 2.45) is 22.2 Å². The normalized spacial score (nSPS) is 38.7. The zero-order chi connectivity index (χ0) is 13.6. The molecule has 0 radical (unpaired) electrons. The first-order valence-corrected chi connectivity index (χ1v) is 6.92. The maximum Gasteiger partial charge on any atom is 0.0825 e. The van der Waals surface area contributed by atoms with Gasteiger partial charge in [-0.3, -0.25) is 4.99 Å². The van der Waals surface area contributed by atoms with Gasteiger partial charge in [-0.05, 0) is 30.4 Å². The van der Waals surface area contributed by atoms with Crippen molar-refractivity contribution < 1.29 is 0 Å². The van der Waals surface area contributed by atoms with Crippen molar-refractivity contribution in [3.05, 3.63) is 47.6 Å². The van der Waals surface area contributed by atoms with Gasteiger partial charge in [0.25, 0.3) is 0 Å². The number of allylic oxidation sites excluding steroid dienone is 8. The van der Waals surface area contributed by atoms with Gasteiger partial charge in [-0.25, -0.2) is 0 Å². The Hall–Kier alpha value is -1.70. The molecular formula is C17H20N2. The number of aliphatic imine (C=N–C) groups is 1. The largest absolute Gasteiger partial charge is 0.302 e. The van der Waals surface area contributed by atoms with Crippen LogP contribution in [0.5, 0.6) is 0 Å². The summed E-state index contributed by atoms with van der Waals surface area (Å²) in [5.74, 6) is 0.743. The third-order valence-corrected chi connectivity index (χ3v) is 4.68. The summed E-state index contributed by atoms with van der Waals surface area (Å²) >= 11 is 0. The molecule has 3 aliphatic rings. The molecule has 0 spiro atoms. The van der Waals surface area contributed by atoms with Crippen LogP contribution in [0.4, 0.5) is 0 Å². The molecule has 3 unspecified atom stereocenters. The summed E-state index contributed by atoms with van der Waals surface area (Å²) in [6.07, 6.45) is 14.1. The van der Waals surface area contributed by atoms with Crippen LogP contribution in [0.1, 0.15) is 20.3 Å². The molecule has 0 fully saturated rings. The molecular weight excluding hydrogens is 232 g/mol. The molecule has 3 aliphatic carbocycles. The predicted molar refractivity (Wildman–Crippen MR) is 80.9 cm³/mol. The van der Waals surface area contributed by atoms with Crippen LogP contribution in [0.2, 0.25) is 0 Å². The van der Waals surface area contributed by atoms with Gasteiger partial charge in [-0.2, -0.15) is 0 Å². The van der Waals surface area contributed by atoms with E-state index < -0.39 is 0 Å². The van der Waals surface area contributed by atoms with E-state index in [2.05, 4.69) is 55.3 Å². The van der Waals surface area contributed by atoms with Crippen LogP contribution in [-0.2, 0) is 0 Å². The van der Waals surface area contributed by atoms with Crippen LogP contribution in [0.25, 0.3) is 0 Å². The molecule has 0 aliphatic heterocycles. The van der Waals surface area contributed by atoms with Crippen LogP contribution in [0, 0.1) is 22.7 Å². The molecule has 2 nitrogen and oxygen atoms in total. The summed E-state index contributed by atoms with van der Waals surface area (Å²) in [5.41, 5.74) is 3.98. The second kappa shape index (κ2) is 4.16. The summed E-state index contributed by atoms with van der Waals surface area (Å²) in [6.45, 7) is 4.39. The zero-order valence-corrected chi connectivity index (χ0v) is 11.8. The first-order chi connectivity index (χ1) is 9.09. The van der Waals surface area contributed by atoms with E-state index in [1.165, 1.54) is 11.1 Å². The third kappa shape index (κ3) is 1.55. The van der Waals surface area contributed by atoms with E-state index in [4.69, 9.17) is 5.41 Å². The molecule has 3 atom stereocenters. The highest BCUT2D eigenvalue weighted by molar-refractivity contribution is 6.50. The molecule has 0 saturated heterocycles. The molecule has 0 aromatic rings. The number of rotatable bonds is 0. The standard InChI is InChI=1S/C17H20N2/c1-11-7-6-8-12-13-9-4-5-10-17(13,2)16(18)15(19-3)14(11)12/h4-6,8-11,13,18H,7H2,1-3H3. The van der Waals surface area contributed by atoms with Crippen molar-refractivity contribution in [1.29, 1.82) is 5.41 Å². The van der Waals surface area contributed by atoms with Crippen molar-refractivity contribution >= 4 is 11.4 Å². The topological polar surface area (TPSA) is 36.2 Å². The second-order valence-corrected chi connectivity index (χ2v) is 5.86. The van der Waals surface area contributed by atoms with Gasteiger partial charge in [0.05, 0.1) is 11.4 Å². The highest BCUT2D eigenvalue weighted by Gasteiger charge is 2.46. The summed E-state index contributed by atoms with van der Waals surface area (Å²) in [4.78, 5) is 4.44. The molecule has 98 valence electrons. The second-order valence-electron chi connectivity index (χ2n) is 5.86. The minimum Gasteiger partial charge on any atom is -0.302 e. The van der Waals surface area contributed by atoms with Gasteiger partial charge in [-0.1, -0.05) is 43.4 Å². The number of hydrogen-bond donors (Lipinski definition) is 1. The van der Waals surface area contributed by atoms with Crippen molar-refractivity contribution in [3.8, 4) is 0 Å². The minimum absolute atomic E-state index is 0.246. The summed E-state index contributed by atoms with van der Waals surface area (Å²) in [5, 5.41) is 8.61. The van der Waals surface area contributed by atoms with E-state index in [0.29, 0.717) is 11.6 Å². The van der Waals surface area contributed by atoms with Crippen LogP contribution < -0.4 is 0 Å². The van der Waals surface area contributed by atoms with E-state index in [-0.39, 0.29) is 11.3 Å². The highest BCUT2D eigenvalue weighted by atomic mass is 14.7. The Morgan fingerprint density at radius 1 is 1.37 bits per heavy atom. The fraction of sp³-hybridized carbons (Fsp3) is 0.412. The number of fused-ring (bicyclic) bond motifs is 2. The van der Waals surface area contributed by atoms with Gasteiger partial charge in [0.15, 0.2) is 0 Å². The van der Waals surface area contributed by atoms with Gasteiger partial charge in [-0.15, -0.1) is 0 Å². The monoisotopic (exact) mass is 252 g/mol. The number of nitrogens with one attached hydrogen (secondary N) is 1. The Morgan fingerprint density at radius 3 is 2.89 bits per heavy atom. The predicted octanol–water partition coefficient (Wildman–Crippen LogP) is 3.73. The smallest absolute Gasteiger partial charge is 0.0825 e. The lowest BCUT2D eigenvalue weighted by atomic mass is 9.59. The van der Waals surface area contributed by atoms with Crippen LogP contribution in [0.3, 0.4) is 0 Å². The van der Waals surface area contributed by atoms with Gasteiger partial charge < -0.3 is 5.41 Å². The quantitative estimate of drug-likeness (QED) is 0.682. The first kappa shape index (κ1) is 12.3. The fourth-order valence-corrected chi connectivity index (χ4v) is 3.55. The van der Waals surface area contributed by atoms with E-state index in [9.17, 15) is 0 Å². The number of nitrogens with zero attached hydrogens (tertiary/aromatic N) is 1. The molecule has 0 amide bonds. The third-order valence-electron chi connectivity index (χ3n) is 4.68. The molecule has 0 heterocycles. The molecule has 0 aromatic carbocycles. The average molecular weight is 252 g/mol. The Morgan fingerprint density at radius 2 is 2.16 bits per heavy atom. The molecule has 1 N–H and O–H groups in total. The van der Waals surface area contributed by atoms with Gasteiger partial charge >= 0.3 is 0 Å². The first-order valence-electron chi connectivity index (χ1n) is 6.92. The molecule has 0 bridgehead atoms. The summed E-state index contributed by atoms with van der Waals surface area (Å²) < 4.78 is 0. The Kier molecular flexibility index (Phi) is 2.70. The van der Waals surface area contributed by atoms with E-state index in [1.54, 1.807) is 0 Å². The molecule has 0 aromatic heterocycles. The van der Waals surface area contributed by atoms with Crippen molar-refractivity contribution in [2.75, 3.05) is 7.05 Å². The molecule has 0 saturated carbocycles. The van der Waals surface area contributed by atoms with Gasteiger partial charge in [0.2, 0.25) is 0 Å². The van der Waals surface area contributed by atoms with Crippen LogP contribution in [-0.4, -0.2) is 18.5 Å². The van der Waals surface area contributed by atoms with Gasteiger partial charge in [0, 0.05) is 18.4 Å². The van der Waals surface area contributed by atoms with E-state index in [1.807, 2.05) is 7.05 Å². The maximum absolute atomic E-state index is 8.61. The van der Waals surface area contributed by atoms with Gasteiger partial charge in [0.1, 0.15) is 0 Å². The van der Waals surface area contributed by atoms with E-state index >= 15 is 0 Å². The molecule has 19 heavy (non-hydrogen) atoms. The van der Waals surface area contributed by atoms with Crippen LogP contribution in [0.15, 0.2) is 52.6 Å². The lowest BCUT2D eigenvalue weighted by molar-refractivity contribution is 0.466. The average Bonchev–Trinajstić information content (AvgIpc) is 2.41. The zero-order valence-electron chi connectivity index (χ0n) is 11.8. The van der Waals surface area contributed by atoms with E-state index in [0.717, 1.165) is 12.1 Å². The maximum atomic E-state index is 8.61. The van der Waals surface area contributed by atoms with Crippen LogP contribution >= 0.6 is 0 Å². The summed E-state index contributed by atoms with van der Waals surface area (Å²) in [6, 6.07) is 0. The number of hydrogen-bond acceptors (Lipinski definition) is 2. The van der Waals surface area contributed by atoms with Crippen molar-refractivity contribution in [2.45, 2.75) is 20.3 Å². The highest BCUT2D eigenvalue weighted by Crippen LogP contribution is 2.48. The van der Waals surface area contributed by atoms with Crippen molar-refractivity contribution in [3.63, 3.8) is 0 Å². The fourth-order valence-electron chi connectivity index (χ4n) is 3.55. The SMILES string of the molecule is CN=C1C(=N)C2(C)C=CC=CC2C2=C1C(C)CC=C2. The minimum atomic E-state index is -0.246. The van der Waals surface area contributed by atoms with Crippen molar-refractivity contribution in [1.82, 2.24) is 0 Å². The molecule has 2 heteroatoms.